The topological polar surface area (TPSA) is 104 Å². The summed E-state index contributed by atoms with van der Waals surface area (Å²) in [6, 6.07) is 14.7. The van der Waals surface area contributed by atoms with E-state index in [1.54, 1.807) is 24.1 Å². The number of hydrogen-bond acceptors (Lipinski definition) is 5. The Morgan fingerprint density at radius 1 is 1.08 bits per heavy atom. The molecule has 4 aromatic rings. The smallest absolute Gasteiger partial charge is 0.329 e. The third-order valence-electron chi connectivity index (χ3n) is 7.47. The summed E-state index contributed by atoms with van der Waals surface area (Å²) >= 11 is 6.73. The lowest BCUT2D eigenvalue weighted by Gasteiger charge is -2.43. The van der Waals surface area contributed by atoms with E-state index in [1.165, 1.54) is 4.90 Å². The molecular formula is C28H23ClN6O2. The molecule has 3 heterocycles. The maximum Gasteiger partial charge on any atom is 0.329 e. The minimum absolute atomic E-state index is 0.00979. The van der Waals surface area contributed by atoms with Crippen molar-refractivity contribution in [1.29, 1.82) is 5.26 Å². The van der Waals surface area contributed by atoms with Gasteiger partial charge in [0.25, 0.3) is 0 Å². The number of imide groups is 1. The Morgan fingerprint density at radius 3 is 2.76 bits per heavy atom. The van der Waals surface area contributed by atoms with E-state index in [-0.39, 0.29) is 23.8 Å². The van der Waals surface area contributed by atoms with Gasteiger partial charge in [-0.25, -0.2) is 9.69 Å². The third-order valence-corrected chi connectivity index (χ3v) is 7.80. The quantitative estimate of drug-likeness (QED) is 0.409. The Morgan fingerprint density at radius 2 is 1.92 bits per heavy atom. The van der Waals surface area contributed by atoms with Crippen molar-refractivity contribution in [3.05, 3.63) is 77.3 Å². The summed E-state index contributed by atoms with van der Waals surface area (Å²) in [4.78, 5) is 32.4. The van der Waals surface area contributed by atoms with Gasteiger partial charge in [-0.2, -0.15) is 10.4 Å². The van der Waals surface area contributed by atoms with Crippen LogP contribution in [0.1, 0.15) is 36.4 Å². The van der Waals surface area contributed by atoms with E-state index in [4.69, 9.17) is 11.6 Å². The molecule has 1 saturated carbocycles. The van der Waals surface area contributed by atoms with Crippen LogP contribution >= 0.6 is 11.6 Å². The number of pyridine rings is 1. The number of amides is 3. The number of anilines is 1. The molecule has 3 atom stereocenters. The summed E-state index contributed by atoms with van der Waals surface area (Å²) < 4.78 is 1.62. The molecule has 1 aliphatic carbocycles. The second-order valence-electron chi connectivity index (χ2n) is 9.60. The molecule has 2 aliphatic rings. The van der Waals surface area contributed by atoms with Crippen molar-refractivity contribution in [1.82, 2.24) is 20.1 Å². The van der Waals surface area contributed by atoms with Gasteiger partial charge in [0, 0.05) is 46.8 Å². The highest BCUT2D eigenvalue weighted by atomic mass is 35.5. The number of benzene rings is 2. The lowest BCUT2D eigenvalue weighted by atomic mass is 9.72. The molecule has 2 fully saturated rings. The van der Waals surface area contributed by atoms with Gasteiger partial charge in [-0.05, 0) is 42.4 Å². The van der Waals surface area contributed by atoms with Crippen molar-refractivity contribution in [3.63, 3.8) is 0 Å². The number of rotatable bonds is 3. The van der Waals surface area contributed by atoms with Crippen molar-refractivity contribution in [3.8, 4) is 17.2 Å². The zero-order valence-electron chi connectivity index (χ0n) is 20.1. The highest BCUT2D eigenvalue weighted by Gasteiger charge is 2.46. The third kappa shape index (κ3) is 3.83. The Hall–Kier alpha value is -4.22. The summed E-state index contributed by atoms with van der Waals surface area (Å²) in [5.74, 6) is -0.536. The van der Waals surface area contributed by atoms with Crippen molar-refractivity contribution in [2.24, 2.45) is 13.0 Å². The number of aromatic nitrogens is 3. The minimum atomic E-state index is -0.441. The molecule has 1 N–H and O–H groups in total. The first kappa shape index (κ1) is 23.2. The Labute approximate surface area is 218 Å². The van der Waals surface area contributed by atoms with Crippen LogP contribution < -0.4 is 10.2 Å². The van der Waals surface area contributed by atoms with Crippen LogP contribution in [0.5, 0.6) is 0 Å². The molecule has 2 aromatic carbocycles. The average Bonchev–Trinajstić information content (AvgIpc) is 3.29. The van der Waals surface area contributed by atoms with Gasteiger partial charge in [-0.3, -0.25) is 14.5 Å². The monoisotopic (exact) mass is 510 g/mol. The Balaban J connectivity index is 1.32. The van der Waals surface area contributed by atoms with E-state index < -0.39 is 6.03 Å². The predicted octanol–water partition coefficient (Wildman–Crippen LogP) is 5.17. The normalized spacial score (nSPS) is 21.4. The van der Waals surface area contributed by atoms with Crippen molar-refractivity contribution in [2.75, 3.05) is 4.90 Å². The van der Waals surface area contributed by atoms with Crippen molar-refractivity contribution < 1.29 is 9.59 Å². The van der Waals surface area contributed by atoms with Gasteiger partial charge >= 0.3 is 6.03 Å². The average molecular weight is 511 g/mol. The fourth-order valence-electron chi connectivity index (χ4n) is 5.84. The highest BCUT2D eigenvalue weighted by Crippen LogP contribution is 2.45. The van der Waals surface area contributed by atoms with Gasteiger partial charge in [0.05, 0.1) is 17.8 Å². The molecule has 184 valence electrons. The first-order valence-corrected chi connectivity index (χ1v) is 12.5. The van der Waals surface area contributed by atoms with E-state index in [9.17, 15) is 14.9 Å². The Bertz CT molecular complexity index is 1600. The number of fused-ring (bicyclic) bond motifs is 2. The zero-order chi connectivity index (χ0) is 25.7. The zero-order valence-corrected chi connectivity index (χ0v) is 20.8. The van der Waals surface area contributed by atoms with Gasteiger partial charge in [0.1, 0.15) is 6.07 Å². The van der Waals surface area contributed by atoms with Crippen molar-refractivity contribution >= 4 is 40.0 Å². The molecule has 9 heteroatoms. The SMILES string of the molecule is Cn1cc(-c2cccc(Cl)c2C2CCC3C(=O)N(c4cncc5ccccc45)C(=O)NC3C2)c(C#N)n1. The van der Waals surface area contributed by atoms with E-state index in [1.807, 2.05) is 48.7 Å². The maximum atomic E-state index is 13.7. The summed E-state index contributed by atoms with van der Waals surface area (Å²) in [5.41, 5.74) is 3.34. The summed E-state index contributed by atoms with van der Waals surface area (Å²) in [5, 5.41) is 19.2. The second kappa shape index (κ2) is 9.02. The number of urea groups is 1. The molecule has 0 radical (unpaired) electrons. The van der Waals surface area contributed by atoms with Gasteiger partial charge < -0.3 is 5.32 Å². The standard InChI is InChI=1S/C28H23ClN6O2/c1-34-15-21(24(12-30)33-34)19-7-4-8-22(29)26(19)16-9-10-20-23(11-16)32-28(37)35(27(20)36)25-14-31-13-17-5-2-3-6-18(17)25/h2-8,13-16,20,23H,9-11H2,1H3,(H,32,37). The number of nitrogens with one attached hydrogen (secondary N) is 1. The number of carbonyl (C=O) groups excluding carboxylic acids is 2. The Kier molecular flexibility index (Phi) is 5.65. The largest absolute Gasteiger partial charge is 0.334 e. The van der Waals surface area contributed by atoms with Gasteiger partial charge in [0.15, 0.2) is 5.69 Å². The van der Waals surface area contributed by atoms with Crippen LogP contribution in [-0.4, -0.2) is 32.7 Å². The molecule has 1 aliphatic heterocycles. The van der Waals surface area contributed by atoms with Crippen LogP contribution in [0, 0.1) is 17.2 Å². The maximum absolute atomic E-state index is 13.7. The molecular weight excluding hydrogens is 488 g/mol. The van der Waals surface area contributed by atoms with Crippen LogP contribution in [0.3, 0.4) is 0 Å². The van der Waals surface area contributed by atoms with E-state index in [2.05, 4.69) is 21.5 Å². The minimum Gasteiger partial charge on any atom is -0.334 e. The molecule has 6 rings (SSSR count). The van der Waals surface area contributed by atoms with E-state index in [0.29, 0.717) is 29.2 Å². The lowest BCUT2D eigenvalue weighted by molar-refractivity contribution is -0.124. The number of carbonyl (C=O) groups is 2. The molecule has 0 spiro atoms. The number of nitrogens with zero attached hydrogens (tertiary/aromatic N) is 5. The molecule has 3 unspecified atom stereocenters. The van der Waals surface area contributed by atoms with Gasteiger partial charge in [0.2, 0.25) is 5.91 Å². The number of hydrogen-bond donors (Lipinski definition) is 1. The summed E-state index contributed by atoms with van der Waals surface area (Å²) in [6.07, 6.45) is 7.02. The highest BCUT2D eigenvalue weighted by molar-refractivity contribution is 6.32. The molecule has 3 amide bonds. The molecule has 0 bridgehead atoms. The van der Waals surface area contributed by atoms with Crippen LogP contribution in [0.4, 0.5) is 10.5 Å². The molecule has 2 aromatic heterocycles. The predicted molar refractivity (Wildman–Crippen MR) is 140 cm³/mol. The van der Waals surface area contributed by atoms with Crippen LogP contribution in [-0.2, 0) is 11.8 Å². The number of aryl methyl sites for hydroxylation is 1. The summed E-state index contributed by atoms with van der Waals surface area (Å²) in [6.45, 7) is 0. The molecule has 37 heavy (non-hydrogen) atoms. The second-order valence-corrected chi connectivity index (χ2v) is 10.0. The molecule has 8 nitrogen and oxygen atoms in total. The van der Waals surface area contributed by atoms with Crippen LogP contribution in [0.15, 0.2) is 61.1 Å². The lowest BCUT2D eigenvalue weighted by Crippen LogP contribution is -2.61. The van der Waals surface area contributed by atoms with Crippen LogP contribution in [0.25, 0.3) is 21.9 Å². The number of halogens is 1. The molecule has 1 saturated heterocycles. The fourth-order valence-corrected chi connectivity index (χ4v) is 6.17. The van der Waals surface area contributed by atoms with Crippen LogP contribution in [0.2, 0.25) is 5.02 Å². The summed E-state index contributed by atoms with van der Waals surface area (Å²) in [7, 11) is 1.78. The number of nitriles is 1. The van der Waals surface area contributed by atoms with Crippen molar-refractivity contribution in [2.45, 2.75) is 31.2 Å². The van der Waals surface area contributed by atoms with Gasteiger partial charge in [-0.15, -0.1) is 0 Å². The fraction of sp³-hybridized carbons (Fsp3) is 0.250. The van der Waals surface area contributed by atoms with Gasteiger partial charge in [-0.1, -0.05) is 48.0 Å². The van der Waals surface area contributed by atoms with E-state index >= 15 is 0 Å². The first-order valence-electron chi connectivity index (χ1n) is 12.2. The first-order chi connectivity index (χ1) is 18.0. The van der Waals surface area contributed by atoms with E-state index in [0.717, 1.165) is 33.9 Å².